The largest absolute Gasteiger partial charge is 0.484 e. The van der Waals surface area contributed by atoms with E-state index in [-0.39, 0.29) is 23.6 Å². The van der Waals surface area contributed by atoms with Crippen LogP contribution in [0.25, 0.3) is 0 Å². The third-order valence-corrected chi connectivity index (χ3v) is 6.46. The molecule has 0 radical (unpaired) electrons. The van der Waals surface area contributed by atoms with Crippen LogP contribution in [-0.2, 0) is 16.4 Å². The Kier molecular flexibility index (Phi) is 6.65. The van der Waals surface area contributed by atoms with Crippen molar-refractivity contribution in [2.45, 2.75) is 51.7 Å². The number of carbonyl (C=O) groups excluding carboxylic acids is 1. The van der Waals surface area contributed by atoms with Gasteiger partial charge in [0, 0.05) is 5.75 Å². The van der Waals surface area contributed by atoms with Crippen LogP contribution in [0.15, 0.2) is 53.5 Å². The van der Waals surface area contributed by atoms with Crippen LogP contribution in [0.1, 0.15) is 45.7 Å². The van der Waals surface area contributed by atoms with Crippen molar-refractivity contribution in [2.75, 3.05) is 12.4 Å². The van der Waals surface area contributed by atoms with Crippen LogP contribution < -0.4 is 4.74 Å². The van der Waals surface area contributed by atoms with Crippen molar-refractivity contribution < 1.29 is 22.7 Å². The normalized spacial score (nSPS) is 17.6. The molecular formula is C24H27F3N2O2S. The summed E-state index contributed by atoms with van der Waals surface area (Å²) in [5.41, 5.74) is 0.00325. The van der Waals surface area contributed by atoms with Gasteiger partial charge in [0.15, 0.2) is 11.8 Å². The first-order valence-electron chi connectivity index (χ1n) is 10.2. The fourth-order valence-electron chi connectivity index (χ4n) is 3.28. The van der Waals surface area contributed by atoms with Crippen LogP contribution in [0.2, 0.25) is 0 Å². The molecule has 0 unspecified atom stereocenters. The van der Waals surface area contributed by atoms with Crippen molar-refractivity contribution in [2.24, 2.45) is 4.99 Å². The number of ether oxygens (including phenoxy) is 1. The molecule has 2 aromatic rings. The number of halogens is 3. The van der Waals surface area contributed by atoms with Crippen molar-refractivity contribution >= 4 is 28.5 Å². The molecule has 1 saturated heterocycles. The molecule has 1 heterocycles. The van der Waals surface area contributed by atoms with Crippen molar-refractivity contribution in [3.8, 4) is 5.75 Å². The zero-order valence-electron chi connectivity index (χ0n) is 18.8. The topological polar surface area (TPSA) is 41.9 Å². The van der Waals surface area contributed by atoms with Crippen LogP contribution >= 0.6 is 11.8 Å². The lowest BCUT2D eigenvalue weighted by molar-refractivity contribution is -0.137. The predicted octanol–water partition coefficient (Wildman–Crippen LogP) is 6.42. The second-order valence-electron chi connectivity index (χ2n) is 9.34. The number of alkyl halides is 3. The van der Waals surface area contributed by atoms with E-state index in [4.69, 9.17) is 4.74 Å². The molecule has 1 fully saturated rings. The highest BCUT2D eigenvalue weighted by Crippen LogP contribution is 2.36. The highest BCUT2D eigenvalue weighted by molar-refractivity contribution is 8.14. The molecule has 32 heavy (non-hydrogen) atoms. The molecule has 2 aromatic carbocycles. The average molecular weight is 465 g/mol. The van der Waals surface area contributed by atoms with Gasteiger partial charge in [-0.1, -0.05) is 50.7 Å². The van der Waals surface area contributed by atoms with Gasteiger partial charge in [-0.05, 0) is 55.2 Å². The Morgan fingerprint density at radius 3 is 2.34 bits per heavy atom. The Hall–Kier alpha value is -2.48. The molecule has 8 heteroatoms. The van der Waals surface area contributed by atoms with Crippen molar-refractivity contribution in [1.82, 2.24) is 4.90 Å². The van der Waals surface area contributed by atoms with E-state index >= 15 is 0 Å². The molecule has 0 aliphatic carbocycles. The summed E-state index contributed by atoms with van der Waals surface area (Å²) < 4.78 is 44.8. The molecule has 3 rings (SSSR count). The molecule has 4 nitrogen and oxygen atoms in total. The number of carbonyl (C=O) groups is 1. The molecule has 0 atom stereocenters. The Morgan fingerprint density at radius 1 is 1.09 bits per heavy atom. The van der Waals surface area contributed by atoms with Crippen LogP contribution in [0.4, 0.5) is 18.9 Å². The second kappa shape index (κ2) is 8.81. The molecule has 0 saturated carbocycles. The van der Waals surface area contributed by atoms with Crippen molar-refractivity contribution in [3.63, 3.8) is 0 Å². The summed E-state index contributed by atoms with van der Waals surface area (Å²) in [6, 6.07) is 12.4. The second-order valence-corrected chi connectivity index (χ2v) is 10.3. The lowest BCUT2D eigenvalue weighted by atomic mass is 9.87. The van der Waals surface area contributed by atoms with E-state index in [0.717, 1.165) is 17.7 Å². The van der Waals surface area contributed by atoms with Gasteiger partial charge in [0.2, 0.25) is 0 Å². The van der Waals surface area contributed by atoms with Crippen LogP contribution in [-0.4, -0.2) is 33.9 Å². The number of benzene rings is 2. The minimum absolute atomic E-state index is 0.0138. The minimum Gasteiger partial charge on any atom is -0.484 e. The van der Waals surface area contributed by atoms with E-state index in [1.54, 1.807) is 0 Å². The smallest absolute Gasteiger partial charge is 0.416 e. The maximum Gasteiger partial charge on any atom is 0.416 e. The predicted molar refractivity (Wildman–Crippen MR) is 123 cm³/mol. The standard InChI is InChI=1S/C24H27F3N2O2S/c1-22(2,3)16-9-11-19(12-10-16)31-14-20(30)29-21(32-15-23(29,4)5)28-18-8-6-7-17(13-18)24(25,26)27/h6-13H,14-15H2,1-5H3. The molecule has 0 N–H and O–H groups in total. The Morgan fingerprint density at radius 2 is 1.75 bits per heavy atom. The maximum atomic E-state index is 13.0. The van der Waals surface area contributed by atoms with Crippen LogP contribution in [0.3, 0.4) is 0 Å². The van der Waals surface area contributed by atoms with Crippen molar-refractivity contribution in [1.29, 1.82) is 0 Å². The summed E-state index contributed by atoms with van der Waals surface area (Å²) in [5, 5.41) is 0.367. The fraction of sp³-hybridized carbons (Fsp3) is 0.417. The molecule has 0 aromatic heterocycles. The first kappa shape index (κ1) is 24.2. The molecule has 172 valence electrons. The molecule has 1 aliphatic rings. The maximum absolute atomic E-state index is 13.0. The van der Waals surface area contributed by atoms with Gasteiger partial charge < -0.3 is 4.74 Å². The monoisotopic (exact) mass is 464 g/mol. The first-order chi connectivity index (χ1) is 14.8. The summed E-state index contributed by atoms with van der Waals surface area (Å²) >= 11 is 1.34. The van der Waals surface area contributed by atoms with Gasteiger partial charge in [-0.25, -0.2) is 4.99 Å². The summed E-state index contributed by atoms with van der Waals surface area (Å²) in [4.78, 5) is 18.9. The summed E-state index contributed by atoms with van der Waals surface area (Å²) in [5.74, 6) is 0.856. The summed E-state index contributed by atoms with van der Waals surface area (Å²) in [7, 11) is 0. The molecule has 0 spiro atoms. The molecule has 1 amide bonds. The average Bonchev–Trinajstić information content (AvgIpc) is 2.99. The summed E-state index contributed by atoms with van der Waals surface area (Å²) in [6.45, 7) is 9.94. The molecule has 1 aliphatic heterocycles. The SMILES string of the molecule is CC(C)(C)c1ccc(OCC(=O)N2C(=Nc3cccc(C(F)(F)F)c3)SCC2(C)C)cc1. The lowest BCUT2D eigenvalue weighted by Gasteiger charge is -2.30. The Labute approximate surface area is 190 Å². The van der Waals surface area contributed by atoms with Gasteiger partial charge in [-0.2, -0.15) is 13.2 Å². The minimum atomic E-state index is -4.45. The van der Waals surface area contributed by atoms with Crippen molar-refractivity contribution in [3.05, 3.63) is 59.7 Å². The zero-order valence-corrected chi connectivity index (χ0v) is 19.6. The number of amides is 1. The van der Waals surface area contributed by atoms with Gasteiger partial charge >= 0.3 is 6.18 Å². The van der Waals surface area contributed by atoms with Gasteiger partial charge in [-0.15, -0.1) is 0 Å². The number of hydrogen-bond acceptors (Lipinski definition) is 4. The Balaban J connectivity index is 1.77. The van der Waals surface area contributed by atoms with Gasteiger partial charge in [-0.3, -0.25) is 9.69 Å². The third kappa shape index (κ3) is 5.65. The molecular weight excluding hydrogens is 437 g/mol. The van der Waals surface area contributed by atoms with E-state index in [1.807, 2.05) is 38.1 Å². The third-order valence-electron chi connectivity index (χ3n) is 5.08. The quantitative estimate of drug-likeness (QED) is 0.524. The van der Waals surface area contributed by atoms with E-state index in [9.17, 15) is 18.0 Å². The highest BCUT2D eigenvalue weighted by atomic mass is 32.2. The van der Waals surface area contributed by atoms with Crippen LogP contribution in [0.5, 0.6) is 5.75 Å². The first-order valence-corrected chi connectivity index (χ1v) is 11.2. The van der Waals surface area contributed by atoms with E-state index < -0.39 is 17.3 Å². The van der Waals surface area contributed by atoms with Gasteiger partial charge in [0.05, 0.1) is 16.8 Å². The highest BCUT2D eigenvalue weighted by Gasteiger charge is 2.41. The van der Waals surface area contributed by atoms with Gasteiger partial charge in [0.1, 0.15) is 5.75 Å². The zero-order chi connectivity index (χ0) is 23.7. The number of nitrogens with zero attached hydrogens (tertiary/aromatic N) is 2. The fourth-order valence-corrected chi connectivity index (χ4v) is 4.54. The van der Waals surface area contributed by atoms with E-state index in [0.29, 0.717) is 16.7 Å². The van der Waals surface area contributed by atoms with E-state index in [2.05, 4.69) is 25.8 Å². The number of hydrogen-bond donors (Lipinski definition) is 0. The lowest BCUT2D eigenvalue weighted by Crippen LogP contribution is -2.48. The van der Waals surface area contributed by atoms with Crippen LogP contribution in [0, 0.1) is 0 Å². The number of thioether (sulfide) groups is 1. The number of rotatable bonds is 4. The molecule has 0 bridgehead atoms. The van der Waals surface area contributed by atoms with Gasteiger partial charge in [0.25, 0.3) is 5.91 Å². The number of aliphatic imine (C=N–C) groups is 1. The Bertz CT molecular complexity index is 1010. The number of amidine groups is 1. The summed E-state index contributed by atoms with van der Waals surface area (Å²) in [6.07, 6.45) is -4.45. The van der Waals surface area contributed by atoms with E-state index in [1.165, 1.54) is 28.8 Å².